The number of cyclic esters (lactones) is 1. The van der Waals surface area contributed by atoms with Crippen LogP contribution >= 0.6 is 0 Å². The molecule has 0 saturated carbocycles. The largest absolute Gasteiger partial charge is 0.459 e. The van der Waals surface area contributed by atoms with Gasteiger partial charge in [0.1, 0.15) is 30.0 Å². The quantitative estimate of drug-likeness (QED) is 0.165. The Bertz CT molecular complexity index is 1490. The van der Waals surface area contributed by atoms with E-state index in [1.807, 2.05) is 44.7 Å². The average Bonchev–Trinajstić information content (AvgIpc) is 3.59. The van der Waals surface area contributed by atoms with Gasteiger partial charge in [-0.25, -0.2) is 0 Å². The third-order valence-electron chi connectivity index (χ3n) is 13.4. The number of aliphatic hydroxyl groups excluding tert-OH is 3. The monoisotopic (exact) mass is 840 g/mol. The van der Waals surface area contributed by atoms with Crippen molar-refractivity contribution in [2.75, 3.05) is 34.3 Å². The molecule has 5 N–H and O–H groups in total. The summed E-state index contributed by atoms with van der Waals surface area (Å²) in [5, 5.41) is 66.9. The minimum Gasteiger partial charge on any atom is -0.459 e. The van der Waals surface area contributed by atoms with E-state index in [1.165, 1.54) is 14.0 Å². The number of esters is 1. The van der Waals surface area contributed by atoms with Crippen molar-refractivity contribution < 1.29 is 58.7 Å². The minimum atomic E-state index is -1.82. The Kier molecular flexibility index (Phi) is 17.0. The molecule has 18 atom stereocenters. The maximum Gasteiger partial charge on any atom is 0.311 e. The number of carbonyl (C=O) groups is 1. The molecule has 17 nitrogen and oxygen atoms in total. The van der Waals surface area contributed by atoms with E-state index in [0.717, 1.165) is 4.59 Å². The Hall–Kier alpha value is -1.81. The van der Waals surface area contributed by atoms with Crippen molar-refractivity contribution >= 4 is 14.0 Å². The lowest BCUT2D eigenvalue weighted by molar-refractivity contribution is -0.318. The molecule has 2 radical (unpaired) electrons. The fourth-order valence-electron chi connectivity index (χ4n) is 9.55. The van der Waals surface area contributed by atoms with E-state index in [-0.39, 0.29) is 31.3 Å². The van der Waals surface area contributed by atoms with Gasteiger partial charge in [0.2, 0.25) is 0 Å². The van der Waals surface area contributed by atoms with Gasteiger partial charge in [0.05, 0.1) is 47.2 Å². The molecule has 1 aromatic rings. The summed E-state index contributed by atoms with van der Waals surface area (Å²) in [7, 11) is 10.9. The predicted molar refractivity (Wildman–Crippen MR) is 218 cm³/mol. The van der Waals surface area contributed by atoms with Crippen LogP contribution in [0.2, 0.25) is 0 Å². The summed E-state index contributed by atoms with van der Waals surface area (Å²) in [6.45, 7) is 18.5. The zero-order valence-corrected chi connectivity index (χ0v) is 37.6. The van der Waals surface area contributed by atoms with E-state index >= 15 is 0 Å². The van der Waals surface area contributed by atoms with Crippen LogP contribution in [0, 0.1) is 17.8 Å². The van der Waals surface area contributed by atoms with Gasteiger partial charge in [-0.3, -0.25) is 4.79 Å². The van der Waals surface area contributed by atoms with Gasteiger partial charge in [-0.1, -0.05) is 26.0 Å². The smallest absolute Gasteiger partial charge is 0.311 e. The summed E-state index contributed by atoms with van der Waals surface area (Å²) in [5.74, 6) is -2.73. The molecular formula is C41H74BN5O12. The van der Waals surface area contributed by atoms with Gasteiger partial charge in [0.25, 0.3) is 7.98 Å². The zero-order chi connectivity index (χ0) is 44.4. The highest BCUT2D eigenvalue weighted by atomic mass is 16.7. The number of hydrogen-bond acceptors (Lipinski definition) is 16. The third kappa shape index (κ3) is 11.6. The van der Waals surface area contributed by atoms with E-state index in [9.17, 15) is 30.3 Å². The van der Waals surface area contributed by atoms with Crippen LogP contribution < -0.4 is 0 Å². The first kappa shape index (κ1) is 49.8. The maximum atomic E-state index is 14.3. The topological polar surface area (TPSA) is 211 Å². The number of aliphatic hydroxyl groups is 5. The predicted octanol–water partition coefficient (Wildman–Crippen LogP) is 1.04. The minimum absolute atomic E-state index is 0.110. The summed E-state index contributed by atoms with van der Waals surface area (Å²) in [6.07, 6.45) is -6.66. The SMILES string of the molecule is [B]n1cc(CCN(C)[C@H]2CC(C)O[C@H](O[C@@H]3[C@@H](C)[C@H](O[C@H]4C[C@@](C)(OC)[C@@H](O)[C@@H](C)O4)[C@@H](C)C(=O)O[C@H](CC)[C@@](C)(O)C(O)[C@H](C)N(C)C[C@H](C)C[C@@]3(C)O)[C@@H]2O)nn1. The van der Waals surface area contributed by atoms with Crippen molar-refractivity contribution in [3.63, 3.8) is 0 Å². The standard InChI is InChI=1S/C41H74BN5O12/c1-14-30-41(10,53)34(49)26(6)46(12)20-22(2)18-39(8,52)36(59-38-32(48)29(17-23(3)55-38)45(11)16-15-28-21-47(42)44-43-28)24(4)33(25(5)37(51)57-30)58-31-19-40(9,54-13)35(50)27(7)56-31/h21-27,29-36,38,48-50,52-53H,14-20H2,1-13H3/t22-,23?,24+,25-,26+,27-,29+,30-,31+,32-,33+,34?,35+,36-,38-,39-,40-,41-/m1/s1. The van der Waals surface area contributed by atoms with Gasteiger partial charge in [0.15, 0.2) is 12.6 Å². The van der Waals surface area contributed by atoms with Gasteiger partial charge < -0.3 is 68.3 Å². The molecule has 3 aliphatic rings. The molecule has 0 aliphatic carbocycles. The highest BCUT2D eigenvalue weighted by Gasteiger charge is 2.52. The number of ether oxygens (including phenoxy) is 6. The summed E-state index contributed by atoms with van der Waals surface area (Å²) in [6, 6.07) is -0.955. The number of hydrogen-bond donors (Lipinski definition) is 5. The molecule has 0 spiro atoms. The third-order valence-corrected chi connectivity index (χ3v) is 13.4. The zero-order valence-electron chi connectivity index (χ0n) is 37.6. The molecular weight excluding hydrogens is 765 g/mol. The van der Waals surface area contributed by atoms with Crippen LogP contribution in [0.1, 0.15) is 101 Å². The van der Waals surface area contributed by atoms with E-state index in [1.54, 1.807) is 47.7 Å². The highest BCUT2D eigenvalue weighted by molar-refractivity contribution is 6.05. The Morgan fingerprint density at radius 2 is 1.68 bits per heavy atom. The Morgan fingerprint density at radius 3 is 2.27 bits per heavy atom. The number of aromatic nitrogens is 3. The van der Waals surface area contributed by atoms with Crippen LogP contribution in [-0.4, -0.2) is 189 Å². The van der Waals surface area contributed by atoms with Gasteiger partial charge in [-0.15, -0.1) is 5.10 Å². The first-order chi connectivity index (χ1) is 27.4. The van der Waals surface area contributed by atoms with Crippen molar-refractivity contribution in [2.45, 2.75) is 192 Å². The van der Waals surface area contributed by atoms with Gasteiger partial charge in [0, 0.05) is 57.2 Å². The van der Waals surface area contributed by atoms with Gasteiger partial charge in [-0.2, -0.15) is 0 Å². The molecule has 338 valence electrons. The van der Waals surface area contributed by atoms with E-state index in [0.29, 0.717) is 31.6 Å². The molecule has 59 heavy (non-hydrogen) atoms. The second-order valence-corrected chi connectivity index (χ2v) is 18.6. The second kappa shape index (κ2) is 20.1. The molecule has 4 rings (SSSR count). The molecule has 3 saturated heterocycles. The first-order valence-electron chi connectivity index (χ1n) is 21.3. The van der Waals surface area contributed by atoms with Crippen LogP contribution in [0.5, 0.6) is 0 Å². The number of rotatable bonds is 10. The van der Waals surface area contributed by atoms with Crippen LogP contribution in [-0.2, 0) is 39.6 Å². The molecule has 1 aromatic heterocycles. The fourth-order valence-corrected chi connectivity index (χ4v) is 9.55. The molecule has 4 heterocycles. The lowest BCUT2D eigenvalue weighted by Crippen LogP contribution is -2.61. The highest BCUT2D eigenvalue weighted by Crippen LogP contribution is 2.40. The lowest BCUT2D eigenvalue weighted by atomic mass is 9.77. The second-order valence-electron chi connectivity index (χ2n) is 18.6. The fraction of sp³-hybridized carbons (Fsp3) is 0.927. The first-order valence-corrected chi connectivity index (χ1v) is 21.3. The molecule has 3 aliphatic heterocycles. The number of nitrogens with zero attached hydrogens (tertiary/aromatic N) is 5. The Balaban J connectivity index is 1.77. The maximum absolute atomic E-state index is 14.3. The van der Waals surface area contributed by atoms with Crippen LogP contribution in [0.4, 0.5) is 0 Å². The normalized spacial score (nSPS) is 45.1. The van der Waals surface area contributed by atoms with Crippen molar-refractivity contribution in [1.82, 2.24) is 24.7 Å². The van der Waals surface area contributed by atoms with E-state index in [2.05, 4.69) is 10.3 Å². The Morgan fingerprint density at radius 1 is 1.02 bits per heavy atom. The molecule has 0 bridgehead atoms. The summed E-state index contributed by atoms with van der Waals surface area (Å²) < 4.78 is 39.1. The van der Waals surface area contributed by atoms with Crippen LogP contribution in [0.25, 0.3) is 0 Å². The van der Waals surface area contributed by atoms with Crippen molar-refractivity contribution in [3.05, 3.63) is 11.9 Å². The molecule has 0 amide bonds. The Labute approximate surface area is 352 Å². The van der Waals surface area contributed by atoms with Crippen molar-refractivity contribution in [2.24, 2.45) is 17.8 Å². The van der Waals surface area contributed by atoms with Crippen LogP contribution in [0.3, 0.4) is 0 Å². The number of carbonyl (C=O) groups excluding carboxylic acids is 1. The molecule has 0 aromatic carbocycles. The number of methoxy groups -OCH3 is 1. The molecule has 18 heteroatoms. The average molecular weight is 840 g/mol. The van der Waals surface area contributed by atoms with E-state index < -0.39 is 102 Å². The lowest BCUT2D eigenvalue weighted by Gasteiger charge is -2.49. The van der Waals surface area contributed by atoms with Gasteiger partial charge >= 0.3 is 5.97 Å². The van der Waals surface area contributed by atoms with Gasteiger partial charge in [-0.05, 0) is 87.7 Å². The summed E-state index contributed by atoms with van der Waals surface area (Å²) >= 11 is 0. The van der Waals surface area contributed by atoms with Crippen molar-refractivity contribution in [1.29, 1.82) is 0 Å². The summed E-state index contributed by atoms with van der Waals surface area (Å²) in [4.78, 5) is 18.3. The summed E-state index contributed by atoms with van der Waals surface area (Å²) in [5.41, 5.74) is -3.78. The molecule has 3 fully saturated rings. The number of likely N-dealkylation sites (N-methyl/N-ethyl adjacent to an activating group) is 2. The van der Waals surface area contributed by atoms with E-state index in [4.69, 9.17) is 36.4 Å². The van der Waals surface area contributed by atoms with Crippen LogP contribution in [0.15, 0.2) is 6.20 Å². The van der Waals surface area contributed by atoms with Crippen molar-refractivity contribution in [3.8, 4) is 0 Å². The molecule has 2 unspecified atom stereocenters.